The second-order valence-electron chi connectivity index (χ2n) is 4.35. The highest BCUT2D eigenvalue weighted by molar-refractivity contribution is 6.28. The molecule has 8 heteroatoms. The Bertz CT molecular complexity index is 818. The van der Waals surface area contributed by atoms with Gasteiger partial charge in [0, 0.05) is 12.6 Å². The quantitative estimate of drug-likeness (QED) is 0.756. The molecular formula is C13H10ClF2N5. The molecule has 0 fully saturated rings. The van der Waals surface area contributed by atoms with Gasteiger partial charge in [-0.3, -0.25) is 0 Å². The van der Waals surface area contributed by atoms with Crippen LogP contribution in [0.25, 0.3) is 11.2 Å². The van der Waals surface area contributed by atoms with Crippen molar-refractivity contribution in [1.29, 1.82) is 0 Å². The zero-order chi connectivity index (χ0) is 15.0. The minimum absolute atomic E-state index is 0.0494. The Morgan fingerprint density at radius 3 is 2.86 bits per heavy atom. The van der Waals surface area contributed by atoms with Gasteiger partial charge in [0.2, 0.25) is 5.28 Å². The lowest BCUT2D eigenvalue weighted by molar-refractivity contribution is 0.496. The fourth-order valence-electron chi connectivity index (χ4n) is 2.06. The van der Waals surface area contributed by atoms with Gasteiger partial charge in [0.25, 0.3) is 0 Å². The van der Waals surface area contributed by atoms with Gasteiger partial charge in [-0.15, -0.1) is 0 Å². The standard InChI is InChI=1S/C13H10ClF2N5/c1-17-11-10-12(20-13(14)19-11)21(6-18-10)5-7-3-2-4-8(15)9(7)16/h2-4,6H,5H2,1H3,(H,17,19,20). The molecule has 2 aromatic heterocycles. The Morgan fingerprint density at radius 1 is 1.29 bits per heavy atom. The van der Waals surface area contributed by atoms with Gasteiger partial charge in [0.1, 0.15) is 0 Å². The first-order valence-corrected chi connectivity index (χ1v) is 6.47. The Morgan fingerprint density at radius 2 is 2.10 bits per heavy atom. The number of anilines is 1. The second-order valence-corrected chi connectivity index (χ2v) is 4.69. The maximum absolute atomic E-state index is 13.7. The van der Waals surface area contributed by atoms with Crippen LogP contribution in [0.3, 0.4) is 0 Å². The van der Waals surface area contributed by atoms with Crippen LogP contribution in [0.4, 0.5) is 14.6 Å². The van der Waals surface area contributed by atoms with E-state index in [1.54, 1.807) is 11.6 Å². The summed E-state index contributed by atoms with van der Waals surface area (Å²) in [5, 5.41) is 2.91. The summed E-state index contributed by atoms with van der Waals surface area (Å²) in [7, 11) is 1.68. The molecule has 0 amide bonds. The van der Waals surface area contributed by atoms with Crippen molar-refractivity contribution < 1.29 is 8.78 Å². The first kappa shape index (κ1) is 13.7. The van der Waals surface area contributed by atoms with E-state index < -0.39 is 11.6 Å². The lowest BCUT2D eigenvalue weighted by Crippen LogP contribution is -2.04. The van der Waals surface area contributed by atoms with Crippen LogP contribution in [0, 0.1) is 11.6 Å². The van der Waals surface area contributed by atoms with Crippen LogP contribution in [-0.2, 0) is 6.54 Å². The summed E-state index contributed by atoms with van der Waals surface area (Å²) >= 11 is 5.85. The highest BCUT2D eigenvalue weighted by Gasteiger charge is 2.14. The molecule has 0 atom stereocenters. The molecule has 5 nitrogen and oxygen atoms in total. The monoisotopic (exact) mass is 309 g/mol. The van der Waals surface area contributed by atoms with Crippen LogP contribution in [0.1, 0.15) is 5.56 Å². The van der Waals surface area contributed by atoms with E-state index in [1.165, 1.54) is 18.5 Å². The van der Waals surface area contributed by atoms with Crippen molar-refractivity contribution in [3.8, 4) is 0 Å². The lowest BCUT2D eigenvalue weighted by atomic mass is 10.2. The van der Waals surface area contributed by atoms with Crippen molar-refractivity contribution >= 4 is 28.6 Å². The molecule has 2 heterocycles. The number of rotatable bonds is 3. The summed E-state index contributed by atoms with van der Waals surface area (Å²) in [5.41, 5.74) is 1.16. The Kier molecular flexibility index (Phi) is 3.42. The third-order valence-corrected chi connectivity index (χ3v) is 3.21. The molecule has 3 aromatic rings. The molecular weight excluding hydrogens is 300 g/mol. The molecule has 3 rings (SSSR count). The number of aromatic nitrogens is 4. The third kappa shape index (κ3) is 2.40. The summed E-state index contributed by atoms with van der Waals surface area (Å²) < 4.78 is 28.6. The molecule has 0 aliphatic carbocycles. The normalized spacial score (nSPS) is 11.0. The highest BCUT2D eigenvalue weighted by atomic mass is 35.5. The minimum Gasteiger partial charge on any atom is -0.371 e. The van der Waals surface area contributed by atoms with Gasteiger partial charge >= 0.3 is 0 Å². The van der Waals surface area contributed by atoms with E-state index in [-0.39, 0.29) is 17.4 Å². The number of nitrogens with one attached hydrogen (secondary N) is 1. The average Bonchev–Trinajstić information content (AvgIpc) is 2.86. The third-order valence-electron chi connectivity index (χ3n) is 3.05. The molecule has 21 heavy (non-hydrogen) atoms. The van der Waals surface area contributed by atoms with Gasteiger partial charge in [0.05, 0.1) is 12.9 Å². The van der Waals surface area contributed by atoms with Gasteiger partial charge in [-0.1, -0.05) is 12.1 Å². The van der Waals surface area contributed by atoms with Crippen LogP contribution in [0.15, 0.2) is 24.5 Å². The lowest BCUT2D eigenvalue weighted by Gasteiger charge is -2.06. The van der Waals surface area contributed by atoms with Gasteiger partial charge in [0.15, 0.2) is 28.6 Å². The topological polar surface area (TPSA) is 55.6 Å². The molecule has 0 aliphatic heterocycles. The summed E-state index contributed by atoms with van der Waals surface area (Å²) in [4.78, 5) is 12.3. The second kappa shape index (κ2) is 5.25. The minimum atomic E-state index is -0.888. The predicted octanol–water partition coefficient (Wildman–Crippen LogP) is 2.85. The first-order chi connectivity index (χ1) is 10.1. The molecule has 108 valence electrons. The molecule has 0 spiro atoms. The molecule has 0 radical (unpaired) electrons. The molecule has 0 bridgehead atoms. The van der Waals surface area contributed by atoms with E-state index in [9.17, 15) is 8.78 Å². The van der Waals surface area contributed by atoms with Gasteiger partial charge in [-0.2, -0.15) is 9.97 Å². The maximum atomic E-state index is 13.7. The van der Waals surface area contributed by atoms with E-state index in [2.05, 4.69) is 20.3 Å². The Labute approximate surface area is 123 Å². The van der Waals surface area contributed by atoms with Crippen molar-refractivity contribution in [2.45, 2.75) is 6.54 Å². The average molecular weight is 310 g/mol. The first-order valence-electron chi connectivity index (χ1n) is 6.09. The molecule has 1 N–H and O–H groups in total. The molecule has 0 saturated heterocycles. The van der Waals surface area contributed by atoms with E-state index in [0.29, 0.717) is 17.0 Å². The van der Waals surface area contributed by atoms with Gasteiger partial charge < -0.3 is 9.88 Å². The number of hydrogen-bond acceptors (Lipinski definition) is 4. The summed E-state index contributed by atoms with van der Waals surface area (Å²) in [6, 6.07) is 4.03. The summed E-state index contributed by atoms with van der Waals surface area (Å²) in [5.74, 6) is -1.29. The number of benzene rings is 1. The number of hydrogen-bond donors (Lipinski definition) is 1. The van der Waals surface area contributed by atoms with Crippen molar-refractivity contribution in [3.63, 3.8) is 0 Å². The van der Waals surface area contributed by atoms with E-state index in [0.717, 1.165) is 6.07 Å². The summed E-state index contributed by atoms with van der Waals surface area (Å²) in [6.07, 6.45) is 1.49. The van der Waals surface area contributed by atoms with E-state index in [1.807, 2.05) is 0 Å². The Balaban J connectivity index is 2.09. The smallest absolute Gasteiger partial charge is 0.226 e. The molecule has 1 aromatic carbocycles. The fraction of sp³-hybridized carbons (Fsp3) is 0.154. The van der Waals surface area contributed by atoms with Crippen LogP contribution < -0.4 is 5.32 Å². The van der Waals surface area contributed by atoms with Gasteiger partial charge in [-0.25, -0.2) is 13.8 Å². The number of halogens is 3. The molecule has 0 aliphatic rings. The zero-order valence-electron chi connectivity index (χ0n) is 10.9. The number of fused-ring (bicyclic) bond motifs is 1. The predicted molar refractivity (Wildman–Crippen MR) is 75.3 cm³/mol. The Hall–Kier alpha value is -2.28. The van der Waals surface area contributed by atoms with Crippen molar-refractivity contribution in [2.75, 3.05) is 12.4 Å². The molecule has 0 saturated carbocycles. The van der Waals surface area contributed by atoms with Crippen LogP contribution in [-0.4, -0.2) is 26.6 Å². The van der Waals surface area contributed by atoms with E-state index in [4.69, 9.17) is 11.6 Å². The van der Waals surface area contributed by atoms with Crippen LogP contribution in [0.5, 0.6) is 0 Å². The number of imidazole rings is 1. The van der Waals surface area contributed by atoms with Crippen molar-refractivity contribution in [2.24, 2.45) is 0 Å². The van der Waals surface area contributed by atoms with Crippen LogP contribution >= 0.6 is 11.6 Å². The van der Waals surface area contributed by atoms with E-state index >= 15 is 0 Å². The van der Waals surface area contributed by atoms with Crippen molar-refractivity contribution in [1.82, 2.24) is 19.5 Å². The van der Waals surface area contributed by atoms with Crippen molar-refractivity contribution in [3.05, 3.63) is 47.0 Å². The SMILES string of the molecule is CNc1nc(Cl)nc2c1ncn2Cc1cccc(F)c1F. The largest absolute Gasteiger partial charge is 0.371 e. The zero-order valence-corrected chi connectivity index (χ0v) is 11.7. The molecule has 0 unspecified atom stereocenters. The maximum Gasteiger partial charge on any atom is 0.226 e. The fourth-order valence-corrected chi connectivity index (χ4v) is 2.23. The van der Waals surface area contributed by atoms with Crippen LogP contribution in [0.2, 0.25) is 5.28 Å². The number of nitrogens with zero attached hydrogens (tertiary/aromatic N) is 4. The van der Waals surface area contributed by atoms with Gasteiger partial charge in [-0.05, 0) is 17.7 Å². The summed E-state index contributed by atoms with van der Waals surface area (Å²) in [6.45, 7) is 0.0938. The highest BCUT2D eigenvalue weighted by Crippen LogP contribution is 2.22.